The predicted octanol–water partition coefficient (Wildman–Crippen LogP) is 1.13. The van der Waals surface area contributed by atoms with E-state index in [4.69, 9.17) is 5.73 Å². The molecule has 2 N–H and O–H groups in total. The topological polar surface area (TPSA) is 52.3 Å². The minimum atomic E-state index is -0.150. The Hall–Kier alpha value is 0.01000. The van der Waals surface area contributed by atoms with Crippen molar-refractivity contribution in [3.05, 3.63) is 0 Å². The molecule has 70 valence electrons. The van der Waals surface area contributed by atoms with Gasteiger partial charge in [0.05, 0.1) is 6.61 Å². The highest BCUT2D eigenvalue weighted by Crippen LogP contribution is 1.89. The SMILES string of the molecule is CCOC(=O)CCCN.Cl.Cl. The lowest BCUT2D eigenvalue weighted by Gasteiger charge is -1.98. The molecule has 0 atom stereocenters. The van der Waals surface area contributed by atoms with Crippen LogP contribution in [0, 0.1) is 0 Å². The highest BCUT2D eigenvalue weighted by molar-refractivity contribution is 5.85. The van der Waals surface area contributed by atoms with Gasteiger partial charge in [-0.3, -0.25) is 4.79 Å². The smallest absolute Gasteiger partial charge is 0.305 e. The van der Waals surface area contributed by atoms with Crippen LogP contribution in [0.2, 0.25) is 0 Å². The van der Waals surface area contributed by atoms with Crippen molar-refractivity contribution >= 4 is 30.8 Å². The van der Waals surface area contributed by atoms with Gasteiger partial charge < -0.3 is 10.5 Å². The molecule has 0 aromatic rings. The lowest BCUT2D eigenvalue weighted by Crippen LogP contribution is -2.07. The number of hydrogen-bond acceptors (Lipinski definition) is 3. The number of carbonyl (C=O) groups excluding carboxylic acids is 1. The molecular formula is C6H15Cl2NO2. The van der Waals surface area contributed by atoms with Gasteiger partial charge in [0.15, 0.2) is 0 Å². The van der Waals surface area contributed by atoms with Gasteiger partial charge in [-0.25, -0.2) is 0 Å². The third-order valence-electron chi connectivity index (χ3n) is 0.890. The Balaban J connectivity index is -0.000000320. The minimum Gasteiger partial charge on any atom is -0.466 e. The van der Waals surface area contributed by atoms with Crippen molar-refractivity contribution in [2.24, 2.45) is 5.73 Å². The van der Waals surface area contributed by atoms with E-state index >= 15 is 0 Å². The molecule has 0 aliphatic heterocycles. The minimum absolute atomic E-state index is 0. The molecule has 0 aliphatic rings. The molecular weight excluding hydrogens is 189 g/mol. The number of esters is 1. The number of nitrogens with two attached hydrogens (primary N) is 1. The van der Waals surface area contributed by atoms with Crippen molar-refractivity contribution in [3.63, 3.8) is 0 Å². The zero-order valence-corrected chi connectivity index (χ0v) is 8.17. The summed E-state index contributed by atoms with van der Waals surface area (Å²) in [4.78, 5) is 10.5. The van der Waals surface area contributed by atoms with Crippen molar-refractivity contribution in [1.29, 1.82) is 0 Å². The lowest BCUT2D eigenvalue weighted by molar-refractivity contribution is -0.143. The van der Waals surface area contributed by atoms with Gasteiger partial charge in [0.2, 0.25) is 0 Å². The average molecular weight is 204 g/mol. The Bertz CT molecular complexity index is 90.7. The average Bonchev–Trinajstić information content (AvgIpc) is 1.85. The monoisotopic (exact) mass is 203 g/mol. The molecule has 0 rings (SSSR count). The summed E-state index contributed by atoms with van der Waals surface area (Å²) in [5.41, 5.74) is 5.17. The van der Waals surface area contributed by atoms with E-state index in [2.05, 4.69) is 4.74 Å². The van der Waals surface area contributed by atoms with E-state index in [-0.39, 0.29) is 30.8 Å². The highest BCUT2D eigenvalue weighted by atomic mass is 35.5. The van der Waals surface area contributed by atoms with E-state index in [0.717, 1.165) is 6.42 Å². The van der Waals surface area contributed by atoms with Crippen LogP contribution < -0.4 is 5.73 Å². The second-order valence-corrected chi connectivity index (χ2v) is 1.70. The third kappa shape index (κ3) is 13.1. The summed E-state index contributed by atoms with van der Waals surface area (Å²) < 4.78 is 4.65. The largest absolute Gasteiger partial charge is 0.466 e. The number of carbonyl (C=O) groups is 1. The highest BCUT2D eigenvalue weighted by Gasteiger charge is 1.97. The van der Waals surface area contributed by atoms with Crippen LogP contribution in [0.4, 0.5) is 0 Å². The molecule has 0 aromatic heterocycles. The van der Waals surface area contributed by atoms with Crippen molar-refractivity contribution in [1.82, 2.24) is 0 Å². The fourth-order valence-electron chi connectivity index (χ4n) is 0.480. The molecule has 0 heterocycles. The van der Waals surface area contributed by atoms with Gasteiger partial charge in [-0.15, -0.1) is 24.8 Å². The zero-order chi connectivity index (χ0) is 7.11. The summed E-state index contributed by atoms with van der Waals surface area (Å²) in [5.74, 6) is -0.150. The molecule has 5 heteroatoms. The molecule has 0 amide bonds. The first-order valence-electron chi connectivity index (χ1n) is 3.17. The molecule has 0 saturated heterocycles. The molecule has 0 aromatic carbocycles. The van der Waals surface area contributed by atoms with Gasteiger partial charge in [-0.05, 0) is 19.9 Å². The fraction of sp³-hybridized carbons (Fsp3) is 0.833. The molecule has 0 spiro atoms. The third-order valence-corrected chi connectivity index (χ3v) is 0.890. The molecule has 3 nitrogen and oxygen atoms in total. The van der Waals surface area contributed by atoms with Gasteiger partial charge in [0.25, 0.3) is 0 Å². The Kier molecular flexibility index (Phi) is 19.8. The number of rotatable bonds is 4. The number of ether oxygens (including phenoxy) is 1. The van der Waals surface area contributed by atoms with E-state index in [0.29, 0.717) is 19.6 Å². The van der Waals surface area contributed by atoms with Crippen LogP contribution in [0.1, 0.15) is 19.8 Å². The lowest BCUT2D eigenvalue weighted by atomic mass is 10.3. The normalized spacial score (nSPS) is 7.45. The van der Waals surface area contributed by atoms with Crippen molar-refractivity contribution in [2.45, 2.75) is 19.8 Å². The van der Waals surface area contributed by atoms with Crippen LogP contribution in [-0.2, 0) is 9.53 Å². The molecule has 0 unspecified atom stereocenters. The molecule has 0 radical (unpaired) electrons. The molecule has 0 saturated carbocycles. The van der Waals surface area contributed by atoms with Gasteiger partial charge in [0.1, 0.15) is 0 Å². The zero-order valence-electron chi connectivity index (χ0n) is 6.54. The Labute approximate surface area is 79.5 Å². The Morgan fingerprint density at radius 2 is 2.00 bits per heavy atom. The Morgan fingerprint density at radius 1 is 1.45 bits per heavy atom. The summed E-state index contributed by atoms with van der Waals surface area (Å²) in [7, 11) is 0. The maximum Gasteiger partial charge on any atom is 0.305 e. The van der Waals surface area contributed by atoms with Crippen LogP contribution in [0.25, 0.3) is 0 Å². The van der Waals surface area contributed by atoms with E-state index in [1.807, 2.05) is 0 Å². The summed E-state index contributed by atoms with van der Waals surface area (Å²) in [6, 6.07) is 0. The van der Waals surface area contributed by atoms with Crippen LogP contribution >= 0.6 is 24.8 Å². The van der Waals surface area contributed by atoms with E-state index in [1.54, 1.807) is 6.92 Å². The maximum atomic E-state index is 10.5. The predicted molar refractivity (Wildman–Crippen MR) is 49.4 cm³/mol. The summed E-state index contributed by atoms with van der Waals surface area (Å²) in [6.07, 6.45) is 1.17. The molecule has 11 heavy (non-hydrogen) atoms. The van der Waals surface area contributed by atoms with E-state index < -0.39 is 0 Å². The summed E-state index contributed by atoms with van der Waals surface area (Å²) in [5, 5.41) is 0. The first kappa shape index (κ1) is 17.2. The van der Waals surface area contributed by atoms with Crippen molar-refractivity contribution in [3.8, 4) is 0 Å². The Morgan fingerprint density at radius 3 is 2.36 bits per heavy atom. The van der Waals surface area contributed by atoms with Crippen molar-refractivity contribution in [2.75, 3.05) is 13.2 Å². The van der Waals surface area contributed by atoms with Crippen molar-refractivity contribution < 1.29 is 9.53 Å². The summed E-state index contributed by atoms with van der Waals surface area (Å²) in [6.45, 7) is 2.81. The van der Waals surface area contributed by atoms with Gasteiger partial charge in [0, 0.05) is 6.42 Å². The molecule has 0 bridgehead atoms. The quantitative estimate of drug-likeness (QED) is 0.698. The second-order valence-electron chi connectivity index (χ2n) is 1.70. The second kappa shape index (κ2) is 12.7. The van der Waals surface area contributed by atoms with Crippen LogP contribution in [0.15, 0.2) is 0 Å². The fourth-order valence-corrected chi connectivity index (χ4v) is 0.480. The first-order valence-corrected chi connectivity index (χ1v) is 3.17. The van der Waals surface area contributed by atoms with Gasteiger partial charge in [-0.1, -0.05) is 0 Å². The molecule has 0 fully saturated rings. The molecule has 0 aliphatic carbocycles. The van der Waals surface area contributed by atoms with Crippen LogP contribution in [0.5, 0.6) is 0 Å². The van der Waals surface area contributed by atoms with Gasteiger partial charge >= 0.3 is 5.97 Å². The summed E-state index contributed by atoms with van der Waals surface area (Å²) >= 11 is 0. The van der Waals surface area contributed by atoms with E-state index in [9.17, 15) is 4.79 Å². The van der Waals surface area contributed by atoms with Crippen LogP contribution in [0.3, 0.4) is 0 Å². The first-order chi connectivity index (χ1) is 4.31. The maximum absolute atomic E-state index is 10.5. The van der Waals surface area contributed by atoms with Gasteiger partial charge in [-0.2, -0.15) is 0 Å². The standard InChI is InChI=1S/C6H13NO2.2ClH/c1-2-9-6(8)4-3-5-7;;/h2-5,7H2,1H3;2*1H. The van der Waals surface area contributed by atoms with E-state index in [1.165, 1.54) is 0 Å². The number of halogens is 2. The number of hydrogen-bond donors (Lipinski definition) is 1. The van der Waals surface area contributed by atoms with Crippen LogP contribution in [-0.4, -0.2) is 19.1 Å².